The van der Waals surface area contributed by atoms with Gasteiger partial charge in [0.05, 0.1) is 4.88 Å². The van der Waals surface area contributed by atoms with E-state index in [1.54, 1.807) is 17.5 Å². The highest BCUT2D eigenvalue weighted by molar-refractivity contribution is 7.20. The molecular formula is C8H3F3S2. The zero-order valence-corrected chi connectivity index (χ0v) is 7.82. The van der Waals surface area contributed by atoms with Gasteiger partial charge in [0.1, 0.15) is 0 Å². The molecule has 0 aliphatic heterocycles. The smallest absolute Gasteiger partial charge is 0.202 e. The van der Waals surface area contributed by atoms with Crippen LogP contribution in [0, 0.1) is 16.8 Å². The van der Waals surface area contributed by atoms with E-state index in [4.69, 9.17) is 0 Å². The molecule has 0 unspecified atom stereocenters. The number of rotatable bonds is 1. The third-order valence-electron chi connectivity index (χ3n) is 1.50. The van der Waals surface area contributed by atoms with Crippen LogP contribution in [0.25, 0.3) is 9.75 Å². The van der Waals surface area contributed by atoms with Crippen LogP contribution in [-0.4, -0.2) is 0 Å². The highest BCUT2D eigenvalue weighted by atomic mass is 32.1. The normalized spacial score (nSPS) is 10.7. The zero-order valence-electron chi connectivity index (χ0n) is 6.18. The van der Waals surface area contributed by atoms with E-state index in [-0.39, 0.29) is 4.88 Å². The number of hydrogen-bond donors (Lipinski definition) is 0. The molecule has 2 rings (SSSR count). The van der Waals surface area contributed by atoms with Crippen LogP contribution < -0.4 is 0 Å². The maximum atomic E-state index is 13.0. The zero-order chi connectivity index (χ0) is 9.42. The van der Waals surface area contributed by atoms with Crippen molar-refractivity contribution in [1.82, 2.24) is 0 Å². The van der Waals surface area contributed by atoms with Crippen molar-refractivity contribution in [2.45, 2.75) is 0 Å². The highest BCUT2D eigenvalue weighted by Gasteiger charge is 2.19. The minimum Gasteiger partial charge on any atom is -0.202 e. The molecule has 2 aromatic heterocycles. The molecule has 13 heavy (non-hydrogen) atoms. The van der Waals surface area contributed by atoms with Crippen molar-refractivity contribution in [2.24, 2.45) is 0 Å². The van der Waals surface area contributed by atoms with Crippen molar-refractivity contribution in [3.05, 3.63) is 34.3 Å². The van der Waals surface area contributed by atoms with E-state index in [1.807, 2.05) is 0 Å². The number of thiophene rings is 2. The van der Waals surface area contributed by atoms with Gasteiger partial charge in [0.2, 0.25) is 10.9 Å². The van der Waals surface area contributed by atoms with E-state index in [9.17, 15) is 13.2 Å². The predicted octanol–water partition coefficient (Wildman–Crippen LogP) is 3.89. The second-order valence-corrected chi connectivity index (χ2v) is 4.23. The van der Waals surface area contributed by atoms with Crippen LogP contribution in [0.3, 0.4) is 0 Å². The Morgan fingerprint density at radius 2 is 1.85 bits per heavy atom. The van der Waals surface area contributed by atoms with E-state index in [0.717, 1.165) is 0 Å². The molecule has 0 aliphatic carbocycles. The van der Waals surface area contributed by atoms with Gasteiger partial charge in [-0.1, -0.05) is 17.4 Å². The summed E-state index contributed by atoms with van der Waals surface area (Å²) in [7, 11) is 0. The Morgan fingerprint density at radius 3 is 2.31 bits per heavy atom. The average molecular weight is 220 g/mol. The van der Waals surface area contributed by atoms with Gasteiger partial charge in [-0.05, 0) is 11.4 Å². The molecule has 0 radical (unpaired) electrons. The SMILES string of the molecule is Fc1sc(-c2cccs2)c(F)c1F. The Bertz CT molecular complexity index is 417. The van der Waals surface area contributed by atoms with Gasteiger partial charge in [-0.25, -0.2) is 4.39 Å². The van der Waals surface area contributed by atoms with Gasteiger partial charge >= 0.3 is 0 Å². The first-order valence-electron chi connectivity index (χ1n) is 3.37. The fourth-order valence-electron chi connectivity index (χ4n) is 0.931. The Kier molecular flexibility index (Phi) is 2.13. The molecule has 0 bridgehead atoms. The highest BCUT2D eigenvalue weighted by Crippen LogP contribution is 2.35. The van der Waals surface area contributed by atoms with Gasteiger partial charge in [-0.3, -0.25) is 0 Å². The van der Waals surface area contributed by atoms with E-state index < -0.39 is 16.8 Å². The minimum absolute atomic E-state index is 0.0324. The maximum Gasteiger partial charge on any atom is 0.216 e. The lowest BCUT2D eigenvalue weighted by Gasteiger charge is -1.88. The van der Waals surface area contributed by atoms with Crippen LogP contribution in [0.5, 0.6) is 0 Å². The number of halogens is 3. The summed E-state index contributed by atoms with van der Waals surface area (Å²) in [4.78, 5) is 0.579. The largest absolute Gasteiger partial charge is 0.216 e. The Hall–Kier alpha value is -0.810. The van der Waals surface area contributed by atoms with Crippen molar-refractivity contribution in [3.8, 4) is 9.75 Å². The molecule has 2 heterocycles. The van der Waals surface area contributed by atoms with Crippen molar-refractivity contribution in [3.63, 3.8) is 0 Å². The van der Waals surface area contributed by atoms with Gasteiger partial charge in [-0.15, -0.1) is 11.3 Å². The summed E-state index contributed by atoms with van der Waals surface area (Å²) in [5.41, 5.74) is 0. The first-order chi connectivity index (χ1) is 6.20. The summed E-state index contributed by atoms with van der Waals surface area (Å²) < 4.78 is 38.2. The maximum absolute atomic E-state index is 13.0. The quantitative estimate of drug-likeness (QED) is 0.683. The Balaban J connectivity index is 2.59. The molecule has 0 saturated carbocycles. The van der Waals surface area contributed by atoms with E-state index in [1.165, 1.54) is 11.3 Å². The van der Waals surface area contributed by atoms with Crippen LogP contribution in [0.4, 0.5) is 13.2 Å². The van der Waals surface area contributed by atoms with Gasteiger partial charge < -0.3 is 0 Å². The molecule has 0 nitrogen and oxygen atoms in total. The predicted molar refractivity (Wildman–Crippen MR) is 47.5 cm³/mol. The van der Waals surface area contributed by atoms with Crippen LogP contribution in [0.15, 0.2) is 17.5 Å². The van der Waals surface area contributed by atoms with Gasteiger partial charge in [-0.2, -0.15) is 8.78 Å². The molecule has 2 aromatic rings. The third-order valence-corrected chi connectivity index (χ3v) is 3.48. The van der Waals surface area contributed by atoms with Crippen LogP contribution >= 0.6 is 22.7 Å². The van der Waals surface area contributed by atoms with E-state index in [0.29, 0.717) is 16.2 Å². The molecule has 0 fully saturated rings. The molecular weight excluding hydrogens is 217 g/mol. The van der Waals surface area contributed by atoms with Crippen molar-refractivity contribution < 1.29 is 13.2 Å². The molecule has 0 amide bonds. The molecule has 68 valence electrons. The van der Waals surface area contributed by atoms with Gasteiger partial charge in [0.25, 0.3) is 0 Å². The molecule has 0 saturated heterocycles. The first-order valence-corrected chi connectivity index (χ1v) is 5.07. The van der Waals surface area contributed by atoms with Crippen molar-refractivity contribution >= 4 is 22.7 Å². The summed E-state index contributed by atoms with van der Waals surface area (Å²) in [5.74, 6) is -2.47. The lowest BCUT2D eigenvalue weighted by Crippen LogP contribution is -1.78. The Morgan fingerprint density at radius 1 is 1.08 bits per heavy atom. The topological polar surface area (TPSA) is 0 Å². The fraction of sp³-hybridized carbons (Fsp3) is 0. The van der Waals surface area contributed by atoms with Crippen molar-refractivity contribution in [2.75, 3.05) is 0 Å². The summed E-state index contributed by atoms with van der Waals surface area (Å²) in [6.45, 7) is 0. The lowest BCUT2D eigenvalue weighted by molar-refractivity contribution is 0.468. The molecule has 0 atom stereocenters. The lowest BCUT2D eigenvalue weighted by atomic mass is 10.3. The summed E-state index contributed by atoms with van der Waals surface area (Å²) >= 11 is 1.74. The monoisotopic (exact) mass is 220 g/mol. The second-order valence-electron chi connectivity index (χ2n) is 2.31. The second kappa shape index (κ2) is 3.16. The van der Waals surface area contributed by atoms with Gasteiger partial charge in [0, 0.05) is 4.88 Å². The van der Waals surface area contributed by atoms with Crippen LogP contribution in [-0.2, 0) is 0 Å². The van der Waals surface area contributed by atoms with E-state index >= 15 is 0 Å². The summed E-state index contributed by atoms with van der Waals surface area (Å²) in [6.07, 6.45) is 0. The fourth-order valence-corrected chi connectivity index (χ4v) is 2.56. The molecule has 0 aliphatic rings. The van der Waals surface area contributed by atoms with Crippen LogP contribution in [0.2, 0.25) is 0 Å². The average Bonchev–Trinajstić information content (AvgIpc) is 2.70. The standard InChI is InChI=1S/C8H3F3S2/c9-5-6(10)8(11)13-7(5)4-2-1-3-12-4/h1-3H. The van der Waals surface area contributed by atoms with Crippen LogP contribution in [0.1, 0.15) is 0 Å². The summed E-state index contributed by atoms with van der Waals surface area (Å²) in [5, 5.41) is 0.630. The van der Waals surface area contributed by atoms with Crippen molar-refractivity contribution in [1.29, 1.82) is 0 Å². The third kappa shape index (κ3) is 1.38. The molecule has 0 spiro atoms. The van der Waals surface area contributed by atoms with E-state index in [2.05, 4.69) is 0 Å². The molecule has 0 N–H and O–H groups in total. The first kappa shape index (κ1) is 8.77. The number of hydrogen-bond acceptors (Lipinski definition) is 2. The summed E-state index contributed by atoms with van der Waals surface area (Å²) in [6, 6.07) is 3.33. The molecule has 5 heteroatoms. The molecule has 0 aromatic carbocycles. The minimum atomic E-state index is -1.38. The van der Waals surface area contributed by atoms with Gasteiger partial charge in [0.15, 0.2) is 5.82 Å². The Labute approximate surface area is 80.3 Å².